The van der Waals surface area contributed by atoms with Gasteiger partial charge < -0.3 is 10.2 Å². The number of benzene rings is 1. The van der Waals surface area contributed by atoms with Crippen molar-refractivity contribution in [3.63, 3.8) is 0 Å². The van der Waals surface area contributed by atoms with Gasteiger partial charge in [0.2, 0.25) is 5.91 Å². The number of likely N-dealkylation sites (tertiary alicyclic amines) is 1. The average Bonchev–Trinajstić information content (AvgIpc) is 3.37. The maximum Gasteiger partial charge on any atom is 0.224 e. The highest BCUT2D eigenvalue weighted by molar-refractivity contribution is 5.91. The molecule has 142 valence electrons. The summed E-state index contributed by atoms with van der Waals surface area (Å²) in [4.78, 5) is 17.4. The van der Waals surface area contributed by atoms with Gasteiger partial charge in [0.1, 0.15) is 0 Å². The van der Waals surface area contributed by atoms with E-state index in [1.54, 1.807) is 0 Å². The van der Waals surface area contributed by atoms with E-state index < -0.39 is 0 Å². The number of amides is 1. The molecule has 3 aliphatic rings. The summed E-state index contributed by atoms with van der Waals surface area (Å²) in [5.74, 6) is 0.776. The lowest BCUT2D eigenvalue weighted by molar-refractivity contribution is -0.117. The van der Waals surface area contributed by atoms with Crippen molar-refractivity contribution in [1.29, 1.82) is 0 Å². The van der Waals surface area contributed by atoms with Crippen LogP contribution in [0.1, 0.15) is 58.3 Å². The van der Waals surface area contributed by atoms with Gasteiger partial charge in [0.25, 0.3) is 0 Å². The third-order valence-corrected chi connectivity index (χ3v) is 6.70. The smallest absolute Gasteiger partial charge is 0.224 e. The van der Waals surface area contributed by atoms with Gasteiger partial charge in [0.05, 0.1) is 0 Å². The topological polar surface area (TPSA) is 35.6 Å². The van der Waals surface area contributed by atoms with Crippen LogP contribution in [0.5, 0.6) is 0 Å². The van der Waals surface area contributed by atoms with Gasteiger partial charge >= 0.3 is 0 Å². The van der Waals surface area contributed by atoms with E-state index >= 15 is 0 Å². The van der Waals surface area contributed by atoms with Crippen LogP contribution in [0.4, 0.5) is 11.4 Å². The second-order valence-corrected chi connectivity index (χ2v) is 8.57. The molecular formula is C22H33N3O. The van der Waals surface area contributed by atoms with Crippen LogP contribution in [-0.2, 0) is 4.79 Å². The van der Waals surface area contributed by atoms with Crippen molar-refractivity contribution in [2.24, 2.45) is 5.92 Å². The van der Waals surface area contributed by atoms with Crippen molar-refractivity contribution in [1.82, 2.24) is 4.90 Å². The van der Waals surface area contributed by atoms with Gasteiger partial charge in [0, 0.05) is 43.0 Å². The van der Waals surface area contributed by atoms with Crippen LogP contribution in [0, 0.1) is 5.92 Å². The van der Waals surface area contributed by atoms with Crippen molar-refractivity contribution in [3.05, 3.63) is 24.3 Å². The summed E-state index contributed by atoms with van der Waals surface area (Å²) in [5, 5.41) is 3.08. The third kappa shape index (κ3) is 4.06. The Morgan fingerprint density at radius 3 is 2.50 bits per heavy atom. The predicted molar refractivity (Wildman–Crippen MR) is 108 cm³/mol. The van der Waals surface area contributed by atoms with E-state index in [0.29, 0.717) is 18.4 Å². The molecule has 4 nitrogen and oxygen atoms in total. The molecule has 0 spiro atoms. The van der Waals surface area contributed by atoms with Crippen LogP contribution in [0.2, 0.25) is 0 Å². The molecule has 2 aliphatic heterocycles. The predicted octanol–water partition coefficient (Wildman–Crippen LogP) is 4.27. The Morgan fingerprint density at radius 1 is 1.04 bits per heavy atom. The van der Waals surface area contributed by atoms with Gasteiger partial charge in [-0.25, -0.2) is 0 Å². The zero-order valence-corrected chi connectivity index (χ0v) is 16.1. The summed E-state index contributed by atoms with van der Waals surface area (Å²) in [5.41, 5.74) is 2.22. The summed E-state index contributed by atoms with van der Waals surface area (Å²) >= 11 is 0. The quantitative estimate of drug-likeness (QED) is 0.857. The van der Waals surface area contributed by atoms with E-state index in [4.69, 9.17) is 0 Å². The SMILES string of the molecule is CC1CCCN1C1CCN(c2ccc(NC(=O)CC3CCCC3)cc2)C1. The molecule has 2 atom stereocenters. The highest BCUT2D eigenvalue weighted by Crippen LogP contribution is 2.30. The number of carbonyl (C=O) groups is 1. The number of nitrogens with one attached hydrogen (secondary N) is 1. The fraction of sp³-hybridized carbons (Fsp3) is 0.682. The van der Waals surface area contributed by atoms with Crippen molar-refractivity contribution < 1.29 is 4.79 Å². The Labute approximate surface area is 157 Å². The highest BCUT2D eigenvalue weighted by atomic mass is 16.1. The molecule has 0 bridgehead atoms. The minimum atomic E-state index is 0.175. The van der Waals surface area contributed by atoms with E-state index in [1.807, 2.05) is 0 Å². The molecular weight excluding hydrogens is 322 g/mol. The van der Waals surface area contributed by atoms with Gasteiger partial charge in [-0.15, -0.1) is 0 Å². The normalized spacial score (nSPS) is 27.3. The molecule has 4 heteroatoms. The maximum atomic E-state index is 12.2. The largest absolute Gasteiger partial charge is 0.370 e. The molecule has 1 N–H and O–H groups in total. The first-order valence-corrected chi connectivity index (χ1v) is 10.6. The molecule has 1 aromatic rings. The van der Waals surface area contributed by atoms with E-state index in [9.17, 15) is 4.79 Å². The number of anilines is 2. The van der Waals surface area contributed by atoms with Crippen molar-refractivity contribution >= 4 is 17.3 Å². The maximum absolute atomic E-state index is 12.2. The fourth-order valence-corrected chi connectivity index (χ4v) is 5.19. The molecule has 1 aromatic carbocycles. The number of hydrogen-bond donors (Lipinski definition) is 1. The van der Waals surface area contributed by atoms with Gasteiger partial charge in [-0.3, -0.25) is 9.69 Å². The first-order valence-electron chi connectivity index (χ1n) is 10.6. The molecule has 0 radical (unpaired) electrons. The molecule has 1 saturated carbocycles. The Hall–Kier alpha value is -1.55. The second kappa shape index (κ2) is 7.99. The minimum Gasteiger partial charge on any atom is -0.370 e. The molecule has 0 aromatic heterocycles. The van der Waals surface area contributed by atoms with Crippen molar-refractivity contribution in [2.75, 3.05) is 29.9 Å². The third-order valence-electron chi connectivity index (χ3n) is 6.70. The molecule has 2 saturated heterocycles. The number of carbonyl (C=O) groups excluding carboxylic acids is 1. The van der Waals surface area contributed by atoms with Crippen LogP contribution in [0.15, 0.2) is 24.3 Å². The van der Waals surface area contributed by atoms with E-state index in [2.05, 4.69) is 46.3 Å². The molecule has 1 aliphatic carbocycles. The monoisotopic (exact) mass is 355 g/mol. The Morgan fingerprint density at radius 2 is 1.81 bits per heavy atom. The molecule has 2 unspecified atom stereocenters. The second-order valence-electron chi connectivity index (χ2n) is 8.57. The van der Waals surface area contributed by atoms with Crippen LogP contribution < -0.4 is 10.2 Å². The summed E-state index contributed by atoms with van der Waals surface area (Å²) in [6.45, 7) is 5.92. The molecule has 26 heavy (non-hydrogen) atoms. The molecule has 1 amide bonds. The lowest BCUT2D eigenvalue weighted by Gasteiger charge is -2.28. The summed E-state index contributed by atoms with van der Waals surface area (Å²) in [6.07, 6.45) is 9.68. The van der Waals surface area contributed by atoms with Crippen LogP contribution in [0.3, 0.4) is 0 Å². The fourth-order valence-electron chi connectivity index (χ4n) is 5.19. The Balaban J connectivity index is 1.29. The molecule has 3 fully saturated rings. The Kier molecular flexibility index (Phi) is 5.49. The van der Waals surface area contributed by atoms with Gasteiger partial charge in [-0.2, -0.15) is 0 Å². The summed E-state index contributed by atoms with van der Waals surface area (Å²) in [6, 6.07) is 9.92. The number of hydrogen-bond acceptors (Lipinski definition) is 3. The van der Waals surface area contributed by atoms with Crippen molar-refractivity contribution in [3.8, 4) is 0 Å². The standard InChI is InChI=1S/C22H33N3O/c1-17-5-4-13-25(17)21-12-14-24(16-21)20-10-8-19(9-11-20)23-22(26)15-18-6-2-3-7-18/h8-11,17-18,21H,2-7,12-16H2,1H3,(H,23,26). The minimum absolute atomic E-state index is 0.175. The van der Waals surface area contributed by atoms with E-state index in [0.717, 1.165) is 24.8 Å². The van der Waals surface area contributed by atoms with Crippen molar-refractivity contribution in [2.45, 2.75) is 70.4 Å². The highest BCUT2D eigenvalue weighted by Gasteiger charge is 2.32. The lowest BCUT2D eigenvalue weighted by atomic mass is 10.0. The van der Waals surface area contributed by atoms with Crippen LogP contribution in [0.25, 0.3) is 0 Å². The first-order chi connectivity index (χ1) is 12.7. The van der Waals surface area contributed by atoms with Gasteiger partial charge in [0.15, 0.2) is 0 Å². The van der Waals surface area contributed by atoms with Gasteiger partial charge in [-0.05, 0) is 75.8 Å². The molecule has 2 heterocycles. The average molecular weight is 356 g/mol. The zero-order valence-electron chi connectivity index (χ0n) is 16.1. The lowest BCUT2D eigenvalue weighted by Crippen LogP contribution is -2.39. The van der Waals surface area contributed by atoms with Crippen LogP contribution >= 0.6 is 0 Å². The summed E-state index contributed by atoms with van der Waals surface area (Å²) < 4.78 is 0. The van der Waals surface area contributed by atoms with Gasteiger partial charge in [-0.1, -0.05) is 12.8 Å². The van der Waals surface area contributed by atoms with E-state index in [1.165, 1.54) is 57.2 Å². The van der Waals surface area contributed by atoms with E-state index in [-0.39, 0.29) is 5.91 Å². The van der Waals surface area contributed by atoms with Crippen LogP contribution in [-0.4, -0.2) is 42.5 Å². The number of rotatable bonds is 5. The number of nitrogens with zero attached hydrogens (tertiary/aromatic N) is 2. The zero-order chi connectivity index (χ0) is 17.9. The Bertz CT molecular complexity index is 608. The first kappa shape index (κ1) is 17.8. The summed E-state index contributed by atoms with van der Waals surface area (Å²) in [7, 11) is 0. The molecule has 4 rings (SSSR count).